The first-order chi connectivity index (χ1) is 11.6. The van der Waals surface area contributed by atoms with Gasteiger partial charge in [-0.3, -0.25) is 10.1 Å². The Morgan fingerprint density at radius 3 is 2.67 bits per heavy atom. The summed E-state index contributed by atoms with van der Waals surface area (Å²) in [6, 6.07) is 10.6. The van der Waals surface area contributed by atoms with Crippen molar-refractivity contribution in [1.29, 1.82) is 5.26 Å². The van der Waals surface area contributed by atoms with E-state index in [0.29, 0.717) is 5.56 Å². The Kier molecular flexibility index (Phi) is 5.00. The van der Waals surface area contributed by atoms with Crippen molar-refractivity contribution < 1.29 is 9.82 Å². The largest absolute Gasteiger partial charge is 0.359 e. The third kappa shape index (κ3) is 3.67. The fraction of sp³-hybridized carbons (Fsp3) is 0.312. The van der Waals surface area contributed by atoms with Gasteiger partial charge < -0.3 is 9.80 Å². The van der Waals surface area contributed by atoms with Crippen molar-refractivity contribution in [1.82, 2.24) is 0 Å². The van der Waals surface area contributed by atoms with Gasteiger partial charge in [0.2, 0.25) is 0 Å². The van der Waals surface area contributed by atoms with Gasteiger partial charge in [-0.15, -0.1) is 11.3 Å². The minimum atomic E-state index is -0.473. The Labute approximate surface area is 148 Å². The van der Waals surface area contributed by atoms with E-state index in [0.717, 1.165) is 42.7 Å². The number of anilines is 1. The number of halogens is 1. The molecule has 1 saturated heterocycles. The first-order valence-corrected chi connectivity index (χ1v) is 8.77. The van der Waals surface area contributed by atoms with Crippen LogP contribution in [0.3, 0.4) is 0 Å². The van der Waals surface area contributed by atoms with E-state index in [1.807, 2.05) is 6.07 Å². The zero-order chi connectivity index (χ0) is 17.1. The summed E-state index contributed by atoms with van der Waals surface area (Å²) in [5.41, 5.74) is 1.09. The number of nitriles is 1. The monoisotopic (exact) mass is 363 g/mol. The summed E-state index contributed by atoms with van der Waals surface area (Å²) in [7, 11) is 0. The highest BCUT2D eigenvalue weighted by atomic mass is 35.5. The van der Waals surface area contributed by atoms with Crippen LogP contribution in [0.2, 0.25) is 4.34 Å². The van der Waals surface area contributed by atoms with Crippen LogP contribution in [0.4, 0.5) is 11.4 Å². The molecular formula is C16H16ClN4O2S+. The fourth-order valence-electron chi connectivity index (χ4n) is 2.94. The summed E-state index contributed by atoms with van der Waals surface area (Å²) >= 11 is 7.59. The molecule has 6 nitrogen and oxygen atoms in total. The molecule has 0 bridgehead atoms. The van der Waals surface area contributed by atoms with Gasteiger partial charge in [0.1, 0.15) is 12.6 Å². The van der Waals surface area contributed by atoms with Crippen LogP contribution >= 0.6 is 22.9 Å². The van der Waals surface area contributed by atoms with Crippen LogP contribution in [-0.2, 0) is 6.54 Å². The van der Waals surface area contributed by atoms with Crippen LogP contribution in [-0.4, -0.2) is 31.1 Å². The van der Waals surface area contributed by atoms with Gasteiger partial charge in [0.25, 0.3) is 5.69 Å². The lowest BCUT2D eigenvalue weighted by Gasteiger charge is -2.33. The van der Waals surface area contributed by atoms with Crippen molar-refractivity contribution in [2.75, 3.05) is 31.1 Å². The van der Waals surface area contributed by atoms with Crippen LogP contribution in [0, 0.1) is 21.4 Å². The van der Waals surface area contributed by atoms with E-state index in [-0.39, 0.29) is 5.69 Å². The number of nitro groups is 1. The molecule has 0 spiro atoms. The predicted molar refractivity (Wildman–Crippen MR) is 93.8 cm³/mol. The maximum absolute atomic E-state index is 10.8. The van der Waals surface area contributed by atoms with E-state index >= 15 is 0 Å². The molecule has 124 valence electrons. The molecule has 0 aliphatic carbocycles. The number of non-ortho nitro benzene ring substituents is 1. The second-order valence-corrected chi connectivity index (χ2v) is 7.49. The van der Waals surface area contributed by atoms with Crippen LogP contribution < -0.4 is 9.80 Å². The minimum Gasteiger partial charge on any atom is -0.359 e. The van der Waals surface area contributed by atoms with E-state index in [9.17, 15) is 15.4 Å². The van der Waals surface area contributed by atoms with E-state index in [1.165, 1.54) is 21.9 Å². The predicted octanol–water partition coefficient (Wildman–Crippen LogP) is 2.09. The number of quaternary nitrogens is 1. The minimum absolute atomic E-state index is 0.0471. The molecule has 1 aromatic heterocycles. The summed E-state index contributed by atoms with van der Waals surface area (Å²) in [4.78, 5) is 15.3. The number of piperazine rings is 1. The van der Waals surface area contributed by atoms with Gasteiger partial charge in [-0.25, -0.2) is 0 Å². The van der Waals surface area contributed by atoms with E-state index < -0.39 is 4.92 Å². The smallest absolute Gasteiger partial charge is 0.270 e. The maximum Gasteiger partial charge on any atom is 0.270 e. The highest BCUT2D eigenvalue weighted by Gasteiger charge is 2.23. The average molecular weight is 364 g/mol. The number of benzene rings is 1. The second-order valence-electron chi connectivity index (χ2n) is 5.69. The lowest BCUT2D eigenvalue weighted by Crippen LogP contribution is -3.13. The highest BCUT2D eigenvalue weighted by Crippen LogP contribution is 2.25. The Hall–Kier alpha value is -2.14. The molecule has 1 aliphatic rings. The molecule has 2 aromatic rings. The number of hydrogen-bond donors (Lipinski definition) is 1. The molecule has 1 N–H and O–H groups in total. The molecule has 0 radical (unpaired) electrons. The first kappa shape index (κ1) is 16.7. The van der Waals surface area contributed by atoms with Crippen molar-refractivity contribution >= 4 is 34.3 Å². The van der Waals surface area contributed by atoms with Crippen molar-refractivity contribution in [2.45, 2.75) is 6.54 Å². The number of thiophene rings is 1. The van der Waals surface area contributed by atoms with Crippen LogP contribution in [0.25, 0.3) is 0 Å². The molecular weight excluding hydrogens is 348 g/mol. The normalized spacial score (nSPS) is 15.2. The third-order valence-electron chi connectivity index (χ3n) is 4.18. The van der Waals surface area contributed by atoms with Gasteiger partial charge >= 0.3 is 0 Å². The SMILES string of the molecule is N#Cc1cc([N+](=O)[O-])ccc1N1CC[NH+](Cc2ccc(Cl)s2)CC1. The van der Waals surface area contributed by atoms with E-state index in [1.54, 1.807) is 17.4 Å². The molecule has 0 atom stereocenters. The molecule has 24 heavy (non-hydrogen) atoms. The quantitative estimate of drug-likeness (QED) is 0.666. The zero-order valence-electron chi connectivity index (χ0n) is 12.9. The van der Waals surface area contributed by atoms with Gasteiger partial charge in [-0.1, -0.05) is 11.6 Å². The molecule has 1 aliphatic heterocycles. The number of hydrogen-bond acceptors (Lipinski definition) is 5. The van der Waals surface area contributed by atoms with Crippen LogP contribution in [0.5, 0.6) is 0 Å². The number of rotatable bonds is 4. The van der Waals surface area contributed by atoms with E-state index in [4.69, 9.17) is 11.6 Å². The molecule has 1 aromatic carbocycles. The molecule has 0 unspecified atom stereocenters. The summed E-state index contributed by atoms with van der Waals surface area (Å²) in [6.45, 7) is 4.51. The summed E-state index contributed by atoms with van der Waals surface area (Å²) in [6.07, 6.45) is 0. The van der Waals surface area contributed by atoms with Crippen molar-refractivity contribution in [2.24, 2.45) is 0 Å². The van der Waals surface area contributed by atoms with E-state index in [2.05, 4.69) is 17.0 Å². The summed E-state index contributed by atoms with van der Waals surface area (Å²) in [5, 5.41) is 20.1. The molecule has 0 saturated carbocycles. The third-order valence-corrected chi connectivity index (χ3v) is 5.41. The van der Waals surface area contributed by atoms with Crippen molar-refractivity contribution in [3.05, 3.63) is 55.2 Å². The molecule has 1 fully saturated rings. The summed E-state index contributed by atoms with van der Waals surface area (Å²) in [5.74, 6) is 0. The fourth-order valence-corrected chi connectivity index (χ4v) is 4.10. The Morgan fingerprint density at radius 2 is 2.08 bits per heavy atom. The average Bonchev–Trinajstić information content (AvgIpc) is 3.00. The van der Waals surface area contributed by atoms with Crippen molar-refractivity contribution in [3.63, 3.8) is 0 Å². The second kappa shape index (κ2) is 7.18. The number of nitrogens with zero attached hydrogens (tertiary/aromatic N) is 3. The molecule has 3 rings (SSSR count). The highest BCUT2D eigenvalue weighted by molar-refractivity contribution is 7.16. The van der Waals surface area contributed by atoms with Gasteiger partial charge in [0.05, 0.1) is 51.6 Å². The topological polar surface area (TPSA) is 74.6 Å². The van der Waals surface area contributed by atoms with Gasteiger partial charge in [0, 0.05) is 12.1 Å². The lowest BCUT2D eigenvalue weighted by molar-refractivity contribution is -0.914. The Morgan fingerprint density at radius 1 is 1.33 bits per heavy atom. The zero-order valence-corrected chi connectivity index (χ0v) is 14.4. The van der Waals surface area contributed by atoms with Gasteiger partial charge in [-0.05, 0) is 18.2 Å². The maximum atomic E-state index is 10.8. The summed E-state index contributed by atoms with van der Waals surface area (Å²) < 4.78 is 0.813. The standard InChI is InChI=1S/C16H15ClN4O2S/c17-16-4-2-14(24-16)11-19-5-7-20(8-6-19)15-3-1-13(21(22)23)9-12(15)10-18/h1-4,9H,5-8,11H2/p+1. The molecule has 2 heterocycles. The van der Waals surface area contributed by atoms with Gasteiger partial charge in [0.15, 0.2) is 0 Å². The van der Waals surface area contributed by atoms with Crippen LogP contribution in [0.1, 0.15) is 10.4 Å². The van der Waals surface area contributed by atoms with Crippen LogP contribution in [0.15, 0.2) is 30.3 Å². The first-order valence-electron chi connectivity index (χ1n) is 7.58. The Balaban J connectivity index is 1.66. The Bertz CT molecular complexity index is 794. The van der Waals surface area contributed by atoms with Crippen molar-refractivity contribution in [3.8, 4) is 6.07 Å². The van der Waals surface area contributed by atoms with Gasteiger partial charge in [-0.2, -0.15) is 5.26 Å². The number of nitrogens with one attached hydrogen (secondary N) is 1. The molecule has 8 heteroatoms. The lowest BCUT2D eigenvalue weighted by atomic mass is 10.1. The number of nitro benzene ring substituents is 1. The molecule has 0 amide bonds.